The standard InChI is InChI=1S/C33H32ClFN4O5/c1-32(22-7-6-20(34)16-24(22)35)43-27-4-2-3-23(30(27)44-32)33-11-9-28(33)36-12-13-38(33)18-29-37-25-8-5-19(31(40)41)15-26(25)39(29)17-21-10-14-42-21/h2-8,15-16,21,28,36H,9-14,17-18H2,1H3,(H,40,41)/t21-,28?,32?,33?/m0/s1. The van der Waals surface area contributed by atoms with E-state index in [2.05, 4.69) is 20.9 Å². The van der Waals surface area contributed by atoms with E-state index in [9.17, 15) is 9.90 Å². The Labute approximate surface area is 258 Å². The Hall–Kier alpha value is -3.70. The van der Waals surface area contributed by atoms with Crippen LogP contribution in [0.15, 0.2) is 54.6 Å². The number of nitrogens with one attached hydrogen (secondary N) is 1. The molecule has 4 heterocycles. The number of carbonyl (C=O) groups is 1. The van der Waals surface area contributed by atoms with Crippen LogP contribution in [0.3, 0.4) is 0 Å². The fraction of sp³-hybridized carbons (Fsp3) is 0.394. The van der Waals surface area contributed by atoms with Crippen LogP contribution in [-0.2, 0) is 29.2 Å². The van der Waals surface area contributed by atoms with E-state index in [4.69, 9.17) is 30.8 Å². The van der Waals surface area contributed by atoms with Crippen LogP contribution < -0.4 is 14.8 Å². The molecule has 1 aromatic heterocycles. The Morgan fingerprint density at radius 1 is 1.16 bits per heavy atom. The van der Waals surface area contributed by atoms with Crippen molar-refractivity contribution in [1.82, 2.24) is 19.8 Å². The minimum absolute atomic E-state index is 0.0712. The molecular formula is C33H32ClFN4O5. The molecule has 3 fully saturated rings. The lowest BCUT2D eigenvalue weighted by molar-refractivity contribution is -0.0807. The molecule has 228 valence electrons. The average Bonchev–Trinajstić information content (AvgIpc) is 3.48. The van der Waals surface area contributed by atoms with Crippen molar-refractivity contribution in [3.63, 3.8) is 0 Å². The Bertz CT molecular complexity index is 1810. The molecule has 8 rings (SSSR count). The van der Waals surface area contributed by atoms with Gasteiger partial charge in [0.2, 0.25) is 0 Å². The second-order valence-corrected chi connectivity index (χ2v) is 12.7. The van der Waals surface area contributed by atoms with Gasteiger partial charge in [0, 0.05) is 43.2 Å². The van der Waals surface area contributed by atoms with Crippen molar-refractivity contribution >= 4 is 28.6 Å². The van der Waals surface area contributed by atoms with Gasteiger partial charge in [-0.25, -0.2) is 14.2 Å². The Balaban J connectivity index is 1.18. The first-order valence-corrected chi connectivity index (χ1v) is 15.4. The van der Waals surface area contributed by atoms with Crippen LogP contribution in [0.5, 0.6) is 11.5 Å². The maximum atomic E-state index is 15.1. The average molecular weight is 619 g/mol. The van der Waals surface area contributed by atoms with Gasteiger partial charge in [-0.05, 0) is 61.7 Å². The lowest BCUT2D eigenvalue weighted by atomic mass is 9.64. The molecule has 1 saturated carbocycles. The highest BCUT2D eigenvalue weighted by atomic mass is 35.5. The van der Waals surface area contributed by atoms with Gasteiger partial charge in [0.1, 0.15) is 11.6 Å². The summed E-state index contributed by atoms with van der Waals surface area (Å²) in [6.07, 6.45) is 2.92. The molecule has 44 heavy (non-hydrogen) atoms. The van der Waals surface area contributed by atoms with Crippen molar-refractivity contribution in [2.75, 3.05) is 19.7 Å². The largest absolute Gasteiger partial charge is 0.478 e. The monoisotopic (exact) mass is 618 g/mol. The molecule has 11 heteroatoms. The van der Waals surface area contributed by atoms with E-state index in [1.807, 2.05) is 12.1 Å². The zero-order chi connectivity index (χ0) is 30.2. The SMILES string of the molecule is CC1(c2ccc(Cl)cc2F)Oc2cccc(C34CCC3NCCN4Cc3nc4ccc(C(=O)O)cc4n3C[C@@H]3CCO3)c2O1. The van der Waals surface area contributed by atoms with Gasteiger partial charge in [-0.2, -0.15) is 0 Å². The zero-order valence-electron chi connectivity index (χ0n) is 24.2. The number of carboxylic acid groups (broad SMARTS) is 1. The third-order valence-electron chi connectivity index (χ3n) is 9.78. The van der Waals surface area contributed by atoms with Crippen LogP contribution in [0.1, 0.15) is 53.5 Å². The molecule has 3 aromatic carbocycles. The molecule has 0 radical (unpaired) electrons. The molecule has 0 bridgehead atoms. The normalized spacial score (nSPS) is 27.5. The Kier molecular flexibility index (Phi) is 6.43. The lowest BCUT2D eigenvalue weighted by Gasteiger charge is -2.59. The topological polar surface area (TPSA) is 98.1 Å². The number of ether oxygens (including phenoxy) is 3. The minimum atomic E-state index is -1.35. The van der Waals surface area contributed by atoms with Gasteiger partial charge in [0.25, 0.3) is 5.79 Å². The first kappa shape index (κ1) is 27.8. The highest BCUT2D eigenvalue weighted by Crippen LogP contribution is 2.56. The van der Waals surface area contributed by atoms with Gasteiger partial charge >= 0.3 is 5.97 Å². The highest BCUT2D eigenvalue weighted by molar-refractivity contribution is 6.30. The van der Waals surface area contributed by atoms with E-state index < -0.39 is 23.1 Å². The predicted molar refractivity (Wildman–Crippen MR) is 161 cm³/mol. The van der Waals surface area contributed by atoms with Crippen LogP contribution in [-0.4, -0.2) is 57.4 Å². The second kappa shape index (κ2) is 10.2. The van der Waals surface area contributed by atoms with Crippen molar-refractivity contribution in [2.45, 2.75) is 62.7 Å². The summed E-state index contributed by atoms with van der Waals surface area (Å²) in [7, 11) is 0. The van der Waals surface area contributed by atoms with Crippen molar-refractivity contribution in [2.24, 2.45) is 0 Å². The third-order valence-corrected chi connectivity index (χ3v) is 10.0. The number of para-hydroxylation sites is 1. The molecule has 9 nitrogen and oxygen atoms in total. The lowest BCUT2D eigenvalue weighted by Crippen LogP contribution is -2.70. The van der Waals surface area contributed by atoms with E-state index in [1.165, 1.54) is 6.07 Å². The van der Waals surface area contributed by atoms with Crippen molar-refractivity contribution in [1.29, 1.82) is 0 Å². The van der Waals surface area contributed by atoms with E-state index in [0.717, 1.165) is 61.4 Å². The van der Waals surface area contributed by atoms with Gasteiger partial charge in [-0.1, -0.05) is 23.7 Å². The summed E-state index contributed by atoms with van der Waals surface area (Å²) in [5.74, 6) is -0.761. The van der Waals surface area contributed by atoms with Crippen LogP contribution in [0.2, 0.25) is 5.02 Å². The molecule has 2 N–H and O–H groups in total. The first-order chi connectivity index (χ1) is 21.2. The fourth-order valence-corrected chi connectivity index (χ4v) is 7.52. The van der Waals surface area contributed by atoms with Crippen molar-refractivity contribution in [3.05, 3.63) is 88.0 Å². The van der Waals surface area contributed by atoms with Crippen molar-refractivity contribution < 1.29 is 28.5 Å². The van der Waals surface area contributed by atoms with Crippen molar-refractivity contribution in [3.8, 4) is 11.5 Å². The summed E-state index contributed by atoms with van der Waals surface area (Å²) in [4.78, 5) is 19.3. The number of hydrogen-bond donors (Lipinski definition) is 2. The number of imidazole rings is 1. The summed E-state index contributed by atoms with van der Waals surface area (Å²) >= 11 is 6.03. The van der Waals surface area contributed by atoms with Gasteiger partial charge in [0.15, 0.2) is 11.5 Å². The summed E-state index contributed by atoms with van der Waals surface area (Å²) in [6, 6.07) is 15.7. The fourth-order valence-electron chi connectivity index (χ4n) is 7.37. The number of piperazine rings is 1. The van der Waals surface area contributed by atoms with Gasteiger partial charge in [-0.3, -0.25) is 4.90 Å². The molecule has 2 saturated heterocycles. The number of aromatic carboxylic acids is 1. The maximum Gasteiger partial charge on any atom is 0.335 e. The summed E-state index contributed by atoms with van der Waals surface area (Å²) in [5.41, 5.74) is 2.65. The highest BCUT2D eigenvalue weighted by Gasteiger charge is 2.57. The third kappa shape index (κ3) is 4.23. The molecule has 3 aliphatic heterocycles. The number of aromatic nitrogens is 2. The molecule has 4 aromatic rings. The Morgan fingerprint density at radius 2 is 2.02 bits per heavy atom. The molecule has 1 aliphatic carbocycles. The summed E-state index contributed by atoms with van der Waals surface area (Å²) in [6.45, 7) is 5.22. The Morgan fingerprint density at radius 3 is 2.75 bits per heavy atom. The number of benzene rings is 3. The predicted octanol–water partition coefficient (Wildman–Crippen LogP) is 5.42. The van der Waals surface area contributed by atoms with E-state index in [-0.39, 0.29) is 23.3 Å². The van der Waals surface area contributed by atoms with E-state index >= 15 is 4.39 Å². The van der Waals surface area contributed by atoms with E-state index in [1.54, 1.807) is 37.3 Å². The van der Waals surface area contributed by atoms with Gasteiger partial charge in [0.05, 0.1) is 46.9 Å². The molecule has 0 spiro atoms. The molecule has 4 aliphatic rings. The molecule has 0 amide bonds. The second-order valence-electron chi connectivity index (χ2n) is 12.2. The molecular weight excluding hydrogens is 587 g/mol. The van der Waals surface area contributed by atoms with Crippen LogP contribution in [0.25, 0.3) is 11.0 Å². The smallest absolute Gasteiger partial charge is 0.335 e. The number of hydrogen-bond acceptors (Lipinski definition) is 7. The van der Waals surface area contributed by atoms with Crippen LogP contribution in [0, 0.1) is 5.82 Å². The first-order valence-electron chi connectivity index (χ1n) is 15.0. The molecule has 3 unspecified atom stereocenters. The minimum Gasteiger partial charge on any atom is -0.478 e. The number of rotatable bonds is 7. The number of halogens is 2. The quantitative estimate of drug-likeness (QED) is 0.283. The number of carboxylic acids is 1. The van der Waals surface area contributed by atoms with Gasteiger partial charge in [-0.15, -0.1) is 0 Å². The van der Waals surface area contributed by atoms with Crippen LogP contribution in [0.4, 0.5) is 4.39 Å². The van der Waals surface area contributed by atoms with E-state index in [0.29, 0.717) is 29.6 Å². The molecule has 4 atom stereocenters. The number of nitrogens with zero attached hydrogens (tertiary/aromatic N) is 3. The number of fused-ring (bicyclic) bond motifs is 3. The van der Waals surface area contributed by atoms with Crippen LogP contribution >= 0.6 is 11.6 Å². The maximum absolute atomic E-state index is 15.1. The van der Waals surface area contributed by atoms with Gasteiger partial charge < -0.3 is 29.2 Å². The summed E-state index contributed by atoms with van der Waals surface area (Å²) in [5, 5.41) is 13.7. The zero-order valence-corrected chi connectivity index (χ0v) is 24.9. The summed E-state index contributed by atoms with van der Waals surface area (Å²) < 4.78 is 35.9.